The SMILES string of the molecule is CC(C)(C)OC(=O)Nc1ccc(F)cc1NC1CCOCC1. The van der Waals surface area contributed by atoms with E-state index in [-0.39, 0.29) is 11.9 Å². The first-order chi connectivity index (χ1) is 10.3. The van der Waals surface area contributed by atoms with Crippen molar-refractivity contribution in [3.8, 4) is 0 Å². The van der Waals surface area contributed by atoms with Crippen LogP contribution in [0.1, 0.15) is 33.6 Å². The summed E-state index contributed by atoms with van der Waals surface area (Å²) in [5, 5.41) is 5.93. The number of halogens is 1. The van der Waals surface area contributed by atoms with Crippen LogP contribution in [0.15, 0.2) is 18.2 Å². The summed E-state index contributed by atoms with van der Waals surface area (Å²) in [6, 6.07) is 4.42. The molecule has 1 saturated heterocycles. The van der Waals surface area contributed by atoms with Crippen LogP contribution in [0.5, 0.6) is 0 Å². The number of amides is 1. The molecule has 0 bridgehead atoms. The van der Waals surface area contributed by atoms with Gasteiger partial charge in [0.25, 0.3) is 0 Å². The summed E-state index contributed by atoms with van der Waals surface area (Å²) in [6.07, 6.45) is 1.14. The molecule has 1 aliphatic heterocycles. The predicted octanol–water partition coefficient (Wildman–Crippen LogP) is 3.76. The molecule has 0 aromatic heterocycles. The highest BCUT2D eigenvalue weighted by atomic mass is 19.1. The molecule has 0 spiro atoms. The highest BCUT2D eigenvalue weighted by Gasteiger charge is 2.19. The molecular formula is C16H23FN2O3. The van der Waals surface area contributed by atoms with E-state index in [1.54, 1.807) is 20.8 Å². The summed E-state index contributed by atoms with van der Waals surface area (Å²) >= 11 is 0. The molecule has 1 fully saturated rings. The van der Waals surface area contributed by atoms with Crippen LogP contribution in [-0.2, 0) is 9.47 Å². The minimum absolute atomic E-state index is 0.203. The van der Waals surface area contributed by atoms with Crippen LogP contribution in [0.3, 0.4) is 0 Å². The van der Waals surface area contributed by atoms with Crippen molar-refractivity contribution in [2.24, 2.45) is 0 Å². The number of benzene rings is 1. The maximum atomic E-state index is 13.5. The lowest BCUT2D eigenvalue weighted by atomic mass is 10.1. The largest absolute Gasteiger partial charge is 0.444 e. The van der Waals surface area contributed by atoms with Gasteiger partial charge in [-0.05, 0) is 51.8 Å². The minimum Gasteiger partial charge on any atom is -0.444 e. The number of hydrogen-bond donors (Lipinski definition) is 2. The van der Waals surface area contributed by atoms with Gasteiger partial charge in [-0.25, -0.2) is 9.18 Å². The van der Waals surface area contributed by atoms with Crippen molar-refractivity contribution in [3.05, 3.63) is 24.0 Å². The van der Waals surface area contributed by atoms with Crippen LogP contribution in [0.2, 0.25) is 0 Å². The van der Waals surface area contributed by atoms with E-state index >= 15 is 0 Å². The summed E-state index contributed by atoms with van der Waals surface area (Å²) in [5.74, 6) is -0.357. The molecule has 5 nitrogen and oxygen atoms in total. The van der Waals surface area contributed by atoms with Crippen LogP contribution >= 0.6 is 0 Å². The molecule has 6 heteroatoms. The molecule has 1 amide bonds. The predicted molar refractivity (Wildman–Crippen MR) is 83.7 cm³/mol. The lowest BCUT2D eigenvalue weighted by Crippen LogP contribution is -2.29. The zero-order valence-corrected chi connectivity index (χ0v) is 13.2. The van der Waals surface area contributed by atoms with Gasteiger partial charge in [0, 0.05) is 19.3 Å². The molecule has 1 aliphatic rings. The average Bonchev–Trinajstić information content (AvgIpc) is 2.41. The van der Waals surface area contributed by atoms with Gasteiger partial charge in [-0.15, -0.1) is 0 Å². The highest BCUT2D eigenvalue weighted by molar-refractivity contribution is 5.89. The van der Waals surface area contributed by atoms with Gasteiger partial charge in [0.1, 0.15) is 11.4 Å². The maximum absolute atomic E-state index is 13.5. The zero-order valence-electron chi connectivity index (χ0n) is 13.2. The number of hydrogen-bond acceptors (Lipinski definition) is 4. The van der Waals surface area contributed by atoms with Gasteiger partial charge < -0.3 is 14.8 Å². The Bertz CT molecular complexity index is 523. The molecule has 0 radical (unpaired) electrons. The van der Waals surface area contributed by atoms with Crippen molar-refractivity contribution in [1.29, 1.82) is 0 Å². The summed E-state index contributed by atoms with van der Waals surface area (Å²) in [4.78, 5) is 11.9. The standard InChI is InChI=1S/C16H23FN2O3/c1-16(2,3)22-15(20)19-13-5-4-11(17)10-14(13)18-12-6-8-21-9-7-12/h4-5,10,12,18H,6-9H2,1-3H3,(H,19,20). The fourth-order valence-electron chi connectivity index (χ4n) is 2.22. The molecule has 0 saturated carbocycles. The second-order valence-corrected chi connectivity index (χ2v) is 6.35. The second kappa shape index (κ2) is 6.96. The third-order valence-electron chi connectivity index (χ3n) is 3.20. The number of rotatable bonds is 3. The van der Waals surface area contributed by atoms with Gasteiger partial charge in [-0.1, -0.05) is 0 Å². The minimum atomic E-state index is -0.585. The fourth-order valence-corrected chi connectivity index (χ4v) is 2.22. The normalized spacial score (nSPS) is 16.2. The van der Waals surface area contributed by atoms with Gasteiger partial charge in [0.05, 0.1) is 11.4 Å². The molecule has 2 rings (SSSR count). The molecule has 0 atom stereocenters. The Balaban J connectivity index is 2.08. The van der Waals surface area contributed by atoms with Gasteiger partial charge in [-0.2, -0.15) is 0 Å². The highest BCUT2D eigenvalue weighted by Crippen LogP contribution is 2.26. The van der Waals surface area contributed by atoms with Crippen molar-refractivity contribution in [1.82, 2.24) is 0 Å². The third-order valence-corrected chi connectivity index (χ3v) is 3.20. The van der Waals surface area contributed by atoms with E-state index in [1.165, 1.54) is 18.2 Å². The Morgan fingerprint density at radius 1 is 1.27 bits per heavy atom. The van der Waals surface area contributed by atoms with E-state index < -0.39 is 11.7 Å². The van der Waals surface area contributed by atoms with Gasteiger partial charge in [0.15, 0.2) is 0 Å². The Morgan fingerprint density at radius 3 is 2.59 bits per heavy atom. The Morgan fingerprint density at radius 2 is 1.95 bits per heavy atom. The molecule has 1 aromatic rings. The molecule has 2 N–H and O–H groups in total. The Labute approximate surface area is 130 Å². The van der Waals surface area contributed by atoms with E-state index in [4.69, 9.17) is 9.47 Å². The topological polar surface area (TPSA) is 59.6 Å². The maximum Gasteiger partial charge on any atom is 0.412 e. The molecular weight excluding hydrogens is 287 g/mol. The summed E-state index contributed by atoms with van der Waals surface area (Å²) < 4.78 is 24.0. The van der Waals surface area contributed by atoms with E-state index in [2.05, 4.69) is 10.6 Å². The van der Waals surface area contributed by atoms with Crippen molar-refractivity contribution < 1.29 is 18.7 Å². The number of carbonyl (C=O) groups is 1. The zero-order chi connectivity index (χ0) is 16.2. The lowest BCUT2D eigenvalue weighted by Gasteiger charge is -2.26. The van der Waals surface area contributed by atoms with Crippen molar-refractivity contribution in [3.63, 3.8) is 0 Å². The number of ether oxygens (including phenoxy) is 2. The van der Waals surface area contributed by atoms with Crippen LogP contribution in [0.25, 0.3) is 0 Å². The van der Waals surface area contributed by atoms with E-state index in [0.717, 1.165) is 12.8 Å². The van der Waals surface area contributed by atoms with Crippen molar-refractivity contribution in [2.75, 3.05) is 23.8 Å². The Kier molecular flexibility index (Phi) is 5.24. The van der Waals surface area contributed by atoms with Crippen molar-refractivity contribution in [2.45, 2.75) is 45.3 Å². The van der Waals surface area contributed by atoms with Crippen LogP contribution < -0.4 is 10.6 Å². The summed E-state index contributed by atoms with van der Waals surface area (Å²) in [6.45, 7) is 6.74. The quantitative estimate of drug-likeness (QED) is 0.892. The molecule has 122 valence electrons. The first-order valence-corrected chi connectivity index (χ1v) is 7.47. The van der Waals surface area contributed by atoms with Gasteiger partial charge >= 0.3 is 6.09 Å². The van der Waals surface area contributed by atoms with Crippen LogP contribution in [0.4, 0.5) is 20.6 Å². The lowest BCUT2D eigenvalue weighted by molar-refractivity contribution is 0.0636. The molecule has 0 unspecified atom stereocenters. The first kappa shape index (κ1) is 16.5. The molecule has 1 aromatic carbocycles. The van der Waals surface area contributed by atoms with E-state index in [0.29, 0.717) is 24.6 Å². The van der Waals surface area contributed by atoms with Gasteiger partial charge in [0.2, 0.25) is 0 Å². The Hall–Kier alpha value is -1.82. The second-order valence-electron chi connectivity index (χ2n) is 6.35. The van der Waals surface area contributed by atoms with Crippen LogP contribution in [-0.4, -0.2) is 30.9 Å². The average molecular weight is 310 g/mol. The number of carbonyl (C=O) groups excluding carboxylic acids is 1. The first-order valence-electron chi connectivity index (χ1n) is 7.47. The summed E-state index contributed by atoms with van der Waals surface area (Å²) in [5.41, 5.74) is 0.471. The molecule has 1 heterocycles. The smallest absolute Gasteiger partial charge is 0.412 e. The third kappa shape index (κ3) is 5.18. The molecule has 0 aliphatic carbocycles. The fraction of sp³-hybridized carbons (Fsp3) is 0.562. The summed E-state index contributed by atoms with van der Waals surface area (Å²) in [7, 11) is 0. The van der Waals surface area contributed by atoms with E-state index in [9.17, 15) is 9.18 Å². The van der Waals surface area contributed by atoms with Crippen LogP contribution in [0, 0.1) is 5.82 Å². The number of anilines is 2. The monoisotopic (exact) mass is 310 g/mol. The molecule has 22 heavy (non-hydrogen) atoms. The van der Waals surface area contributed by atoms with Crippen molar-refractivity contribution >= 4 is 17.5 Å². The van der Waals surface area contributed by atoms with Gasteiger partial charge in [-0.3, -0.25) is 5.32 Å². The van der Waals surface area contributed by atoms with E-state index in [1.807, 2.05) is 0 Å². The number of nitrogens with one attached hydrogen (secondary N) is 2.